The Balaban J connectivity index is 3.91. The van der Waals surface area contributed by atoms with Gasteiger partial charge < -0.3 is 0 Å². The summed E-state index contributed by atoms with van der Waals surface area (Å²) in [6, 6.07) is 0. The van der Waals surface area contributed by atoms with Crippen LogP contribution in [-0.2, 0) is 0 Å². The van der Waals surface area contributed by atoms with Gasteiger partial charge in [-0.05, 0) is 29.6 Å². The molecule has 0 amide bonds. The van der Waals surface area contributed by atoms with E-state index in [-0.39, 0.29) is 0 Å². The smallest absolute Gasteiger partial charge is 0.0383 e. The van der Waals surface area contributed by atoms with Crippen LogP contribution in [0.3, 0.4) is 0 Å². The Morgan fingerprint density at radius 1 is 1.00 bits per heavy atom. The molecular weight excluding hydrogens is 180 g/mol. The van der Waals surface area contributed by atoms with Crippen molar-refractivity contribution >= 4 is 0 Å². The minimum absolute atomic E-state index is 0.513. The van der Waals surface area contributed by atoms with Crippen LogP contribution < -0.4 is 0 Å². The van der Waals surface area contributed by atoms with E-state index in [2.05, 4.69) is 48.5 Å². The first kappa shape index (κ1) is 15.0. The molecule has 0 spiro atoms. The van der Waals surface area contributed by atoms with Crippen LogP contribution in [0.2, 0.25) is 0 Å². The van der Waals surface area contributed by atoms with Gasteiger partial charge in [0, 0.05) is 0 Å². The molecule has 0 saturated heterocycles. The van der Waals surface area contributed by atoms with Crippen LogP contribution in [0.15, 0.2) is 0 Å². The fourth-order valence-electron chi connectivity index (χ4n) is 2.28. The number of hydrogen-bond donors (Lipinski definition) is 0. The molecule has 2 atom stereocenters. The minimum Gasteiger partial charge on any atom is -0.0651 e. The highest BCUT2D eigenvalue weighted by molar-refractivity contribution is 4.70. The van der Waals surface area contributed by atoms with Gasteiger partial charge >= 0.3 is 0 Å². The van der Waals surface area contributed by atoms with Gasteiger partial charge in [-0.25, -0.2) is 0 Å². The maximum Gasteiger partial charge on any atom is -0.0383 e. The summed E-state index contributed by atoms with van der Waals surface area (Å²) in [4.78, 5) is 0. The van der Waals surface area contributed by atoms with E-state index >= 15 is 0 Å². The first-order chi connectivity index (χ1) is 6.78. The van der Waals surface area contributed by atoms with E-state index < -0.39 is 0 Å². The third kappa shape index (κ3) is 6.98. The molecule has 0 aliphatic carbocycles. The number of hydrogen-bond acceptors (Lipinski definition) is 0. The monoisotopic (exact) mass is 212 g/mol. The molecule has 0 N–H and O–H groups in total. The molecule has 0 saturated carbocycles. The van der Waals surface area contributed by atoms with E-state index in [1.165, 1.54) is 25.7 Å². The number of rotatable bonds is 6. The molecule has 92 valence electrons. The van der Waals surface area contributed by atoms with Gasteiger partial charge in [-0.3, -0.25) is 0 Å². The molecule has 0 aromatic rings. The van der Waals surface area contributed by atoms with Crippen LogP contribution in [0.5, 0.6) is 0 Å². The molecule has 0 aliphatic rings. The van der Waals surface area contributed by atoms with Crippen molar-refractivity contribution in [2.24, 2.45) is 23.2 Å². The largest absolute Gasteiger partial charge is 0.0651 e. The molecule has 0 aromatic heterocycles. The molecule has 0 radical (unpaired) electrons. The molecule has 0 aromatic carbocycles. The zero-order valence-electron chi connectivity index (χ0n) is 12.1. The lowest BCUT2D eigenvalue weighted by Gasteiger charge is -2.27. The van der Waals surface area contributed by atoms with Crippen molar-refractivity contribution in [2.45, 2.75) is 74.1 Å². The van der Waals surface area contributed by atoms with Gasteiger partial charge in [0.1, 0.15) is 0 Å². The predicted octanol–water partition coefficient (Wildman–Crippen LogP) is 5.52. The lowest BCUT2D eigenvalue weighted by Crippen LogP contribution is -2.17. The van der Waals surface area contributed by atoms with Crippen LogP contribution in [-0.4, -0.2) is 0 Å². The van der Waals surface area contributed by atoms with Crippen molar-refractivity contribution < 1.29 is 0 Å². The summed E-state index contributed by atoms with van der Waals surface area (Å²) in [7, 11) is 0. The molecule has 0 heteroatoms. The third-order valence-electron chi connectivity index (χ3n) is 3.82. The summed E-state index contributed by atoms with van der Waals surface area (Å²) < 4.78 is 0. The van der Waals surface area contributed by atoms with Crippen molar-refractivity contribution in [3.63, 3.8) is 0 Å². The van der Waals surface area contributed by atoms with Gasteiger partial charge in [-0.15, -0.1) is 0 Å². The summed E-state index contributed by atoms with van der Waals surface area (Å²) in [5.41, 5.74) is 0.513. The van der Waals surface area contributed by atoms with Crippen LogP contribution in [0.4, 0.5) is 0 Å². The normalized spacial score (nSPS) is 16.8. The van der Waals surface area contributed by atoms with Gasteiger partial charge in [-0.1, -0.05) is 67.7 Å². The van der Waals surface area contributed by atoms with Gasteiger partial charge in [-0.2, -0.15) is 0 Å². The van der Waals surface area contributed by atoms with Crippen LogP contribution >= 0.6 is 0 Å². The van der Waals surface area contributed by atoms with E-state index in [1.54, 1.807) is 0 Å². The van der Waals surface area contributed by atoms with Crippen molar-refractivity contribution in [3.05, 3.63) is 0 Å². The fraction of sp³-hybridized carbons (Fsp3) is 1.00. The average Bonchev–Trinajstić information content (AvgIpc) is 2.09. The molecule has 2 unspecified atom stereocenters. The van der Waals surface area contributed by atoms with E-state index in [9.17, 15) is 0 Å². The van der Waals surface area contributed by atoms with Crippen LogP contribution in [0.25, 0.3) is 0 Å². The zero-order valence-corrected chi connectivity index (χ0v) is 12.1. The second-order valence-corrected chi connectivity index (χ2v) is 6.72. The highest BCUT2D eigenvalue weighted by Crippen LogP contribution is 2.30. The summed E-state index contributed by atoms with van der Waals surface area (Å²) in [5, 5.41) is 0. The van der Waals surface area contributed by atoms with Gasteiger partial charge in [0.15, 0.2) is 0 Å². The van der Waals surface area contributed by atoms with Gasteiger partial charge in [0.25, 0.3) is 0 Å². The molecule has 0 nitrogen and oxygen atoms in total. The first-order valence-electron chi connectivity index (χ1n) is 6.78. The molecule has 0 fully saturated rings. The van der Waals surface area contributed by atoms with Crippen molar-refractivity contribution in [1.29, 1.82) is 0 Å². The standard InChI is InChI=1S/C15H32/c1-8-14(13(4)12(2)3)10-9-11-15(5,6)7/h12-14H,8-11H2,1-7H3. The zero-order chi connectivity index (χ0) is 12.1. The second-order valence-electron chi connectivity index (χ2n) is 6.72. The third-order valence-corrected chi connectivity index (χ3v) is 3.82. The Morgan fingerprint density at radius 3 is 1.87 bits per heavy atom. The Hall–Kier alpha value is 0. The quantitative estimate of drug-likeness (QED) is 0.543. The average molecular weight is 212 g/mol. The van der Waals surface area contributed by atoms with Crippen molar-refractivity contribution in [2.75, 3.05) is 0 Å². The Labute approximate surface area is 97.8 Å². The van der Waals surface area contributed by atoms with E-state index in [0.717, 1.165) is 17.8 Å². The minimum atomic E-state index is 0.513. The summed E-state index contributed by atoms with van der Waals surface area (Å²) in [5.74, 6) is 2.66. The van der Waals surface area contributed by atoms with Crippen molar-refractivity contribution in [1.82, 2.24) is 0 Å². The highest BCUT2D eigenvalue weighted by Gasteiger charge is 2.19. The molecule has 15 heavy (non-hydrogen) atoms. The Morgan fingerprint density at radius 2 is 1.53 bits per heavy atom. The van der Waals surface area contributed by atoms with E-state index in [1.807, 2.05) is 0 Å². The maximum atomic E-state index is 2.43. The predicted molar refractivity (Wildman–Crippen MR) is 71.1 cm³/mol. The SMILES string of the molecule is CCC(CCCC(C)(C)C)C(C)C(C)C. The lowest BCUT2D eigenvalue weighted by molar-refractivity contribution is 0.236. The molecule has 0 rings (SSSR count). The van der Waals surface area contributed by atoms with E-state index in [4.69, 9.17) is 0 Å². The topological polar surface area (TPSA) is 0 Å². The Bertz CT molecular complexity index is 150. The summed E-state index contributed by atoms with van der Waals surface area (Å²) >= 11 is 0. The maximum absolute atomic E-state index is 2.43. The fourth-order valence-corrected chi connectivity index (χ4v) is 2.28. The van der Waals surface area contributed by atoms with Crippen molar-refractivity contribution in [3.8, 4) is 0 Å². The van der Waals surface area contributed by atoms with Crippen LogP contribution in [0.1, 0.15) is 74.1 Å². The van der Waals surface area contributed by atoms with Gasteiger partial charge in [0.05, 0.1) is 0 Å². The van der Waals surface area contributed by atoms with Crippen LogP contribution in [0, 0.1) is 23.2 Å². The molecule has 0 heterocycles. The second kappa shape index (κ2) is 6.55. The first-order valence-corrected chi connectivity index (χ1v) is 6.78. The molecular formula is C15H32. The summed E-state index contributed by atoms with van der Waals surface area (Å²) in [6.45, 7) is 16.5. The van der Waals surface area contributed by atoms with Gasteiger partial charge in [0.2, 0.25) is 0 Å². The lowest BCUT2D eigenvalue weighted by atomic mass is 9.79. The summed E-state index contributed by atoms with van der Waals surface area (Å²) in [6.07, 6.45) is 5.55. The van der Waals surface area contributed by atoms with E-state index in [0.29, 0.717) is 5.41 Å². The molecule has 0 aliphatic heterocycles. The Kier molecular flexibility index (Phi) is 6.55. The molecule has 0 bridgehead atoms. The highest BCUT2D eigenvalue weighted by atomic mass is 14.2.